The van der Waals surface area contributed by atoms with E-state index in [1.807, 2.05) is 35.4 Å². The highest BCUT2D eigenvalue weighted by Crippen LogP contribution is 2.67. The molecule has 2 saturated carbocycles. The molecule has 2 aliphatic carbocycles. The lowest BCUT2D eigenvalue weighted by Crippen LogP contribution is -2.59. The maximum Gasteiger partial charge on any atom is 0.250 e. The van der Waals surface area contributed by atoms with Crippen LogP contribution in [0.15, 0.2) is 73.1 Å². The molecule has 8 nitrogen and oxygen atoms in total. The molecule has 7 rings (SSSR count). The number of H-pyrrole nitrogens is 1. The van der Waals surface area contributed by atoms with Crippen LogP contribution < -0.4 is 10.2 Å². The summed E-state index contributed by atoms with van der Waals surface area (Å²) in [4.78, 5) is 41.4. The van der Waals surface area contributed by atoms with E-state index in [1.165, 1.54) is 16.6 Å². The Labute approximate surface area is 277 Å². The highest BCUT2D eigenvalue weighted by atomic mass is 16.5. The number of anilines is 2. The third-order valence-electron chi connectivity index (χ3n) is 11.2. The molecule has 0 radical (unpaired) electrons. The number of amides is 2. The summed E-state index contributed by atoms with van der Waals surface area (Å²) in [5.41, 5.74) is 5.49. The van der Waals surface area contributed by atoms with Gasteiger partial charge in [0.2, 0.25) is 11.8 Å². The summed E-state index contributed by atoms with van der Waals surface area (Å²) in [6.45, 7) is 10.2. The molecular weight excluding hydrogens is 586 g/mol. The molecule has 2 atom stereocenters. The first kappa shape index (κ1) is 31.4. The van der Waals surface area contributed by atoms with E-state index in [4.69, 9.17) is 4.74 Å². The zero-order valence-corrected chi connectivity index (χ0v) is 27.9. The Balaban J connectivity index is 1.17. The summed E-state index contributed by atoms with van der Waals surface area (Å²) in [6.07, 6.45) is 8.15. The van der Waals surface area contributed by atoms with Crippen LogP contribution in [-0.2, 0) is 20.9 Å². The Kier molecular flexibility index (Phi) is 8.56. The number of aromatic nitrogens is 2. The van der Waals surface area contributed by atoms with Gasteiger partial charge < -0.3 is 24.8 Å². The highest BCUT2D eigenvalue weighted by molar-refractivity contribution is 6.01. The number of para-hydroxylation sites is 1. The standard InChI is InChI=1S/C39H47N5O3/c1-27-35(31-11-5-6-12-33(31)41-27)36-32(38(36,2)3)24-34(45)44(26-28-10-9-19-40-25-28)39(17-7-4-8-18-39)37(46)42-29-13-15-30(16-14-29)43-20-22-47-23-21-43/h5-6,9-16,19,25,32,36,41H,4,7-8,17-18,20-24,26H2,1-3H3,(H,42,46)/t32-,36+/m1/s1. The van der Waals surface area contributed by atoms with Crippen LogP contribution in [0, 0.1) is 18.3 Å². The Morgan fingerprint density at radius 1 is 1.00 bits per heavy atom. The van der Waals surface area contributed by atoms with Gasteiger partial charge in [0.05, 0.1) is 13.2 Å². The molecule has 3 fully saturated rings. The summed E-state index contributed by atoms with van der Waals surface area (Å²) in [6, 6.07) is 20.5. The minimum atomic E-state index is -0.931. The summed E-state index contributed by atoms with van der Waals surface area (Å²) < 4.78 is 5.51. The maximum absolute atomic E-state index is 14.7. The average molecular weight is 634 g/mol. The second-order valence-corrected chi connectivity index (χ2v) is 14.4. The predicted octanol–water partition coefficient (Wildman–Crippen LogP) is 7.21. The number of carbonyl (C=O) groups is 2. The van der Waals surface area contributed by atoms with Gasteiger partial charge in [-0.2, -0.15) is 0 Å². The van der Waals surface area contributed by atoms with Crippen molar-refractivity contribution in [2.24, 2.45) is 11.3 Å². The minimum absolute atomic E-state index is 0.0322. The van der Waals surface area contributed by atoms with Gasteiger partial charge in [0, 0.05) is 66.4 Å². The average Bonchev–Trinajstić information content (AvgIpc) is 3.44. The number of ether oxygens (including phenoxy) is 1. The molecule has 0 unspecified atom stereocenters. The zero-order chi connectivity index (χ0) is 32.6. The Morgan fingerprint density at radius 3 is 2.47 bits per heavy atom. The van der Waals surface area contributed by atoms with Crippen LogP contribution in [0.2, 0.25) is 0 Å². The number of nitrogens with one attached hydrogen (secondary N) is 2. The van der Waals surface area contributed by atoms with E-state index in [9.17, 15) is 9.59 Å². The van der Waals surface area contributed by atoms with Gasteiger partial charge >= 0.3 is 0 Å². The highest BCUT2D eigenvalue weighted by Gasteiger charge is 2.60. The van der Waals surface area contributed by atoms with Crippen molar-refractivity contribution >= 4 is 34.1 Å². The fourth-order valence-corrected chi connectivity index (χ4v) is 8.43. The van der Waals surface area contributed by atoms with E-state index in [0.29, 0.717) is 25.8 Å². The quantitative estimate of drug-likeness (QED) is 0.203. The molecule has 246 valence electrons. The number of aryl methyl sites for hydroxylation is 1. The first-order valence-electron chi connectivity index (χ1n) is 17.3. The lowest BCUT2D eigenvalue weighted by molar-refractivity contribution is -0.149. The topological polar surface area (TPSA) is 90.6 Å². The van der Waals surface area contributed by atoms with Crippen molar-refractivity contribution in [3.63, 3.8) is 0 Å². The monoisotopic (exact) mass is 633 g/mol. The number of morpholine rings is 1. The molecule has 8 heteroatoms. The number of nitrogens with zero attached hydrogens (tertiary/aromatic N) is 3. The van der Waals surface area contributed by atoms with Gasteiger partial charge in [-0.3, -0.25) is 14.6 Å². The van der Waals surface area contributed by atoms with Crippen molar-refractivity contribution in [3.05, 3.63) is 89.9 Å². The first-order valence-corrected chi connectivity index (χ1v) is 17.3. The van der Waals surface area contributed by atoms with E-state index in [-0.39, 0.29) is 29.1 Å². The molecule has 3 aliphatic rings. The van der Waals surface area contributed by atoms with Gasteiger partial charge in [-0.05, 0) is 84.5 Å². The number of benzene rings is 2. The van der Waals surface area contributed by atoms with Gasteiger partial charge in [-0.15, -0.1) is 0 Å². The van der Waals surface area contributed by atoms with Gasteiger partial charge in [0.15, 0.2) is 0 Å². The maximum atomic E-state index is 14.7. The Hall–Kier alpha value is -4.17. The number of carbonyl (C=O) groups excluding carboxylic acids is 2. The summed E-state index contributed by atoms with van der Waals surface area (Å²) in [5.74, 6) is 0.406. The number of rotatable bonds is 9. The third kappa shape index (κ3) is 6.04. The molecule has 0 spiro atoms. The van der Waals surface area contributed by atoms with E-state index >= 15 is 0 Å². The molecule has 4 aromatic rings. The van der Waals surface area contributed by atoms with E-state index in [0.717, 1.165) is 68.0 Å². The van der Waals surface area contributed by atoms with Gasteiger partial charge in [0.25, 0.3) is 0 Å². The van der Waals surface area contributed by atoms with Crippen molar-refractivity contribution in [1.29, 1.82) is 0 Å². The summed E-state index contributed by atoms with van der Waals surface area (Å²) in [5, 5.41) is 4.50. The molecule has 1 aliphatic heterocycles. The Morgan fingerprint density at radius 2 is 1.74 bits per heavy atom. The van der Waals surface area contributed by atoms with Crippen LogP contribution in [0.1, 0.15) is 75.1 Å². The van der Waals surface area contributed by atoms with Crippen molar-refractivity contribution < 1.29 is 14.3 Å². The van der Waals surface area contributed by atoms with Crippen LogP contribution >= 0.6 is 0 Å². The number of fused-ring (bicyclic) bond motifs is 1. The second-order valence-electron chi connectivity index (χ2n) is 14.4. The number of pyridine rings is 1. The smallest absolute Gasteiger partial charge is 0.250 e. The van der Waals surface area contributed by atoms with E-state index < -0.39 is 5.54 Å². The number of hydrogen-bond acceptors (Lipinski definition) is 5. The molecule has 0 bridgehead atoms. The van der Waals surface area contributed by atoms with Crippen LogP contribution in [0.5, 0.6) is 0 Å². The molecule has 2 aromatic heterocycles. The van der Waals surface area contributed by atoms with E-state index in [1.54, 1.807) is 6.20 Å². The van der Waals surface area contributed by atoms with Crippen LogP contribution in [-0.4, -0.2) is 58.5 Å². The van der Waals surface area contributed by atoms with Crippen molar-refractivity contribution in [2.45, 2.75) is 77.3 Å². The van der Waals surface area contributed by atoms with Crippen molar-refractivity contribution in [1.82, 2.24) is 14.9 Å². The molecule has 2 amide bonds. The summed E-state index contributed by atoms with van der Waals surface area (Å²) in [7, 11) is 0. The molecular formula is C39H47N5O3. The minimum Gasteiger partial charge on any atom is -0.378 e. The second kappa shape index (κ2) is 12.8. The first-order chi connectivity index (χ1) is 22.8. The molecule has 3 heterocycles. The molecule has 2 aromatic carbocycles. The van der Waals surface area contributed by atoms with E-state index in [2.05, 4.69) is 77.4 Å². The molecule has 1 saturated heterocycles. The van der Waals surface area contributed by atoms with Crippen molar-refractivity contribution in [2.75, 3.05) is 36.5 Å². The SMILES string of the molecule is Cc1[nH]c2ccccc2c1[C@@H]1[C@@H](CC(=O)N(Cc2cccnc2)C2(C(=O)Nc3ccc(N4CCOCC4)cc3)CCCCC2)C1(C)C. The van der Waals surface area contributed by atoms with Crippen LogP contribution in [0.25, 0.3) is 10.9 Å². The normalized spacial score (nSPS) is 21.7. The largest absolute Gasteiger partial charge is 0.378 e. The van der Waals surface area contributed by atoms with Gasteiger partial charge in [-0.25, -0.2) is 0 Å². The third-order valence-corrected chi connectivity index (χ3v) is 11.2. The molecule has 2 N–H and O–H groups in total. The number of hydrogen-bond donors (Lipinski definition) is 2. The lowest BCUT2D eigenvalue weighted by atomic mass is 9.78. The van der Waals surface area contributed by atoms with Crippen LogP contribution in [0.4, 0.5) is 11.4 Å². The molecule has 47 heavy (non-hydrogen) atoms. The van der Waals surface area contributed by atoms with Gasteiger partial charge in [0.1, 0.15) is 5.54 Å². The lowest BCUT2D eigenvalue weighted by Gasteiger charge is -2.45. The van der Waals surface area contributed by atoms with Crippen LogP contribution in [0.3, 0.4) is 0 Å². The fourth-order valence-electron chi connectivity index (χ4n) is 8.43. The zero-order valence-electron chi connectivity index (χ0n) is 27.9. The predicted molar refractivity (Wildman–Crippen MR) is 186 cm³/mol. The summed E-state index contributed by atoms with van der Waals surface area (Å²) >= 11 is 0. The van der Waals surface area contributed by atoms with Gasteiger partial charge in [-0.1, -0.05) is 57.4 Å². The number of aromatic amines is 1. The van der Waals surface area contributed by atoms with Crippen molar-refractivity contribution in [3.8, 4) is 0 Å². The fraction of sp³-hybridized carbons (Fsp3) is 0.462. The Bertz CT molecular complexity index is 1720.